The van der Waals surface area contributed by atoms with Crippen LogP contribution in [0, 0.1) is 10.1 Å². The van der Waals surface area contributed by atoms with Crippen LogP contribution >= 0.6 is 0 Å². The summed E-state index contributed by atoms with van der Waals surface area (Å²) in [6.07, 6.45) is 0. The van der Waals surface area contributed by atoms with E-state index >= 15 is 0 Å². The normalized spacial score (nSPS) is 11.2. The Labute approximate surface area is 78.5 Å². The van der Waals surface area contributed by atoms with Crippen LogP contribution < -0.4 is 0 Å². The first-order valence-corrected chi connectivity index (χ1v) is 4.72. The SMILES string of the molecule is O=[N+]([O-])c1cccc(S(=O)(=O)O)c1O. The van der Waals surface area contributed by atoms with Crippen molar-refractivity contribution in [3.63, 3.8) is 0 Å². The second-order valence-electron chi connectivity index (χ2n) is 2.36. The minimum atomic E-state index is -4.64. The molecule has 0 aliphatic rings. The van der Waals surface area contributed by atoms with Gasteiger partial charge in [0, 0.05) is 6.07 Å². The highest BCUT2D eigenvalue weighted by Crippen LogP contribution is 2.31. The molecule has 76 valence electrons. The zero-order valence-electron chi connectivity index (χ0n) is 6.61. The number of hydrogen-bond donors (Lipinski definition) is 2. The van der Waals surface area contributed by atoms with Gasteiger partial charge in [0.05, 0.1) is 4.92 Å². The van der Waals surface area contributed by atoms with Gasteiger partial charge in [-0.3, -0.25) is 14.7 Å². The smallest absolute Gasteiger partial charge is 0.312 e. The van der Waals surface area contributed by atoms with Gasteiger partial charge in [-0.2, -0.15) is 8.42 Å². The molecule has 0 heterocycles. The topological polar surface area (TPSA) is 118 Å². The Morgan fingerprint density at radius 3 is 2.36 bits per heavy atom. The molecular formula is C6H5NO6S. The lowest BCUT2D eigenvalue weighted by Gasteiger charge is -2.00. The molecule has 8 heteroatoms. The zero-order chi connectivity index (χ0) is 10.9. The van der Waals surface area contributed by atoms with E-state index in [-0.39, 0.29) is 0 Å². The molecule has 0 unspecified atom stereocenters. The Bertz CT molecular complexity index is 479. The number of hydrogen-bond acceptors (Lipinski definition) is 5. The third-order valence-corrected chi connectivity index (χ3v) is 2.34. The molecule has 0 saturated heterocycles. The average Bonchev–Trinajstić information content (AvgIpc) is 2.01. The molecule has 0 fully saturated rings. The third kappa shape index (κ3) is 1.80. The Balaban J connectivity index is 3.51. The van der Waals surface area contributed by atoms with Crippen molar-refractivity contribution in [3.8, 4) is 5.75 Å². The van der Waals surface area contributed by atoms with Crippen LogP contribution in [0.5, 0.6) is 5.75 Å². The van der Waals surface area contributed by atoms with Gasteiger partial charge >= 0.3 is 5.69 Å². The summed E-state index contributed by atoms with van der Waals surface area (Å²) in [5.74, 6) is -1.07. The number of rotatable bonds is 2. The van der Waals surface area contributed by atoms with Crippen molar-refractivity contribution >= 4 is 15.8 Å². The lowest BCUT2D eigenvalue weighted by atomic mass is 10.3. The average molecular weight is 219 g/mol. The van der Waals surface area contributed by atoms with Crippen LogP contribution in [-0.4, -0.2) is 23.0 Å². The number of nitro benzene ring substituents is 1. The van der Waals surface area contributed by atoms with E-state index < -0.39 is 31.4 Å². The number of phenols is 1. The Hall–Kier alpha value is -1.67. The number of aromatic hydroxyl groups is 1. The molecule has 0 saturated carbocycles. The molecule has 0 aliphatic carbocycles. The molecule has 14 heavy (non-hydrogen) atoms. The summed E-state index contributed by atoms with van der Waals surface area (Å²) in [4.78, 5) is 8.43. The molecule has 0 spiro atoms. The van der Waals surface area contributed by atoms with E-state index in [1.54, 1.807) is 0 Å². The van der Waals surface area contributed by atoms with Crippen LogP contribution in [-0.2, 0) is 10.1 Å². The van der Waals surface area contributed by atoms with Crippen LogP contribution in [0.2, 0.25) is 0 Å². The molecule has 0 atom stereocenters. The van der Waals surface area contributed by atoms with Gasteiger partial charge < -0.3 is 5.11 Å². The summed E-state index contributed by atoms with van der Waals surface area (Å²) < 4.78 is 29.8. The van der Waals surface area contributed by atoms with Crippen molar-refractivity contribution in [1.29, 1.82) is 0 Å². The maximum Gasteiger partial charge on any atom is 0.312 e. The number of nitrogens with zero attached hydrogens (tertiary/aromatic N) is 1. The zero-order valence-corrected chi connectivity index (χ0v) is 7.43. The fraction of sp³-hybridized carbons (Fsp3) is 0. The van der Waals surface area contributed by atoms with Gasteiger partial charge in [0.1, 0.15) is 4.90 Å². The minimum Gasteiger partial charge on any atom is -0.501 e. The molecule has 2 N–H and O–H groups in total. The number of phenolic OH excluding ortho intramolecular Hbond substituents is 1. The molecule has 0 radical (unpaired) electrons. The molecule has 7 nitrogen and oxygen atoms in total. The van der Waals surface area contributed by atoms with Gasteiger partial charge in [0.25, 0.3) is 10.1 Å². The fourth-order valence-electron chi connectivity index (χ4n) is 0.866. The second-order valence-corrected chi connectivity index (χ2v) is 3.75. The van der Waals surface area contributed by atoms with E-state index in [1.807, 2.05) is 0 Å². The molecule has 1 aromatic rings. The Morgan fingerprint density at radius 2 is 1.93 bits per heavy atom. The standard InChI is InChI=1S/C6H5NO6S/c8-6-4(7(9)10)2-1-3-5(6)14(11,12)13/h1-3,8H,(H,11,12,13). The van der Waals surface area contributed by atoms with Crippen molar-refractivity contribution in [2.45, 2.75) is 4.90 Å². The lowest BCUT2D eigenvalue weighted by Crippen LogP contribution is -2.00. The van der Waals surface area contributed by atoms with E-state index in [0.717, 1.165) is 18.2 Å². The highest BCUT2D eigenvalue weighted by molar-refractivity contribution is 7.86. The van der Waals surface area contributed by atoms with Crippen molar-refractivity contribution < 1.29 is 23.0 Å². The first kappa shape index (κ1) is 10.4. The molecule has 1 rings (SSSR count). The minimum absolute atomic E-state index is 0.778. The maximum atomic E-state index is 10.6. The van der Waals surface area contributed by atoms with Gasteiger partial charge in [-0.25, -0.2) is 0 Å². The molecule has 0 aliphatic heterocycles. The van der Waals surface area contributed by atoms with E-state index in [0.29, 0.717) is 0 Å². The van der Waals surface area contributed by atoms with Crippen molar-refractivity contribution in [3.05, 3.63) is 28.3 Å². The van der Waals surface area contributed by atoms with Gasteiger partial charge in [-0.15, -0.1) is 0 Å². The molecule has 0 bridgehead atoms. The third-order valence-electron chi connectivity index (χ3n) is 1.45. The van der Waals surface area contributed by atoms with Crippen LogP contribution in [0.4, 0.5) is 5.69 Å². The summed E-state index contributed by atoms with van der Waals surface area (Å²) in [5, 5.41) is 19.4. The van der Waals surface area contributed by atoms with Crippen molar-refractivity contribution in [2.24, 2.45) is 0 Å². The molecule has 1 aromatic carbocycles. The first-order chi connectivity index (χ1) is 6.34. The number of para-hydroxylation sites is 1. The Morgan fingerprint density at radius 1 is 1.36 bits per heavy atom. The van der Waals surface area contributed by atoms with Crippen LogP contribution in [0.3, 0.4) is 0 Å². The summed E-state index contributed by atoms with van der Waals surface area (Å²) in [7, 11) is -4.64. The summed E-state index contributed by atoms with van der Waals surface area (Å²) in [5.41, 5.74) is -0.778. The Kier molecular flexibility index (Phi) is 2.41. The van der Waals surface area contributed by atoms with Crippen molar-refractivity contribution in [1.82, 2.24) is 0 Å². The van der Waals surface area contributed by atoms with Crippen molar-refractivity contribution in [2.75, 3.05) is 0 Å². The first-order valence-electron chi connectivity index (χ1n) is 3.28. The fourth-order valence-corrected chi connectivity index (χ4v) is 1.47. The predicted molar refractivity (Wildman–Crippen MR) is 44.6 cm³/mol. The highest BCUT2D eigenvalue weighted by Gasteiger charge is 2.23. The van der Waals surface area contributed by atoms with Crippen LogP contribution in [0.15, 0.2) is 23.1 Å². The van der Waals surface area contributed by atoms with Gasteiger partial charge in [-0.05, 0) is 6.07 Å². The predicted octanol–water partition coefficient (Wildman–Crippen LogP) is 0.547. The maximum absolute atomic E-state index is 10.6. The summed E-state index contributed by atoms with van der Waals surface area (Å²) >= 11 is 0. The number of nitro groups is 1. The second kappa shape index (κ2) is 3.24. The van der Waals surface area contributed by atoms with E-state index in [2.05, 4.69) is 0 Å². The van der Waals surface area contributed by atoms with E-state index in [1.165, 1.54) is 0 Å². The summed E-state index contributed by atoms with van der Waals surface area (Å²) in [6, 6.07) is 2.82. The highest BCUT2D eigenvalue weighted by atomic mass is 32.2. The monoisotopic (exact) mass is 219 g/mol. The largest absolute Gasteiger partial charge is 0.501 e. The van der Waals surface area contributed by atoms with E-state index in [9.17, 15) is 18.5 Å². The molecular weight excluding hydrogens is 214 g/mol. The quantitative estimate of drug-likeness (QED) is 0.426. The van der Waals surface area contributed by atoms with Gasteiger partial charge in [0.15, 0.2) is 0 Å². The van der Waals surface area contributed by atoms with E-state index in [4.69, 9.17) is 9.66 Å². The number of benzene rings is 1. The summed E-state index contributed by atoms with van der Waals surface area (Å²) in [6.45, 7) is 0. The van der Waals surface area contributed by atoms with Crippen LogP contribution in [0.1, 0.15) is 0 Å². The van der Waals surface area contributed by atoms with Crippen LogP contribution in [0.25, 0.3) is 0 Å². The van der Waals surface area contributed by atoms with Gasteiger partial charge in [0.2, 0.25) is 5.75 Å². The lowest BCUT2D eigenvalue weighted by molar-refractivity contribution is -0.386. The molecule has 0 amide bonds. The van der Waals surface area contributed by atoms with Gasteiger partial charge in [-0.1, -0.05) is 6.07 Å². The molecule has 0 aromatic heterocycles.